The van der Waals surface area contributed by atoms with Crippen LogP contribution >= 0.6 is 11.3 Å². The topological polar surface area (TPSA) is 100 Å². The summed E-state index contributed by atoms with van der Waals surface area (Å²) in [7, 11) is 4.70. The van der Waals surface area contributed by atoms with Gasteiger partial charge < -0.3 is 19.5 Å². The molecule has 3 heterocycles. The summed E-state index contributed by atoms with van der Waals surface area (Å²) in [4.78, 5) is 24.6. The largest absolute Gasteiger partial charge is 0.493 e. The third-order valence-electron chi connectivity index (χ3n) is 5.47. The molecule has 1 amide bonds. The number of nitrogens with one attached hydrogen (secondary N) is 1. The normalized spacial score (nSPS) is 10.9. The van der Waals surface area contributed by atoms with Crippen molar-refractivity contribution in [2.75, 3.05) is 21.3 Å². The highest BCUT2D eigenvalue weighted by atomic mass is 32.1. The van der Waals surface area contributed by atoms with Crippen LogP contribution in [0.3, 0.4) is 0 Å². The highest BCUT2D eigenvalue weighted by molar-refractivity contribution is 7.12. The summed E-state index contributed by atoms with van der Waals surface area (Å²) in [5.74, 6) is 1.24. The molecule has 4 rings (SSSR count). The van der Waals surface area contributed by atoms with E-state index in [-0.39, 0.29) is 19.1 Å². The monoisotopic (exact) mass is 493 g/mol. The zero-order valence-electron chi connectivity index (χ0n) is 20.3. The number of hydrogen-bond acceptors (Lipinski definition) is 8. The fraction of sp³-hybridized carbons (Fsp3) is 0.280. The van der Waals surface area contributed by atoms with E-state index in [9.17, 15) is 4.79 Å². The van der Waals surface area contributed by atoms with Gasteiger partial charge in [-0.1, -0.05) is 12.1 Å². The molecule has 10 heteroatoms. The lowest BCUT2D eigenvalue weighted by atomic mass is 10.1. The Kier molecular flexibility index (Phi) is 7.42. The predicted octanol–water partition coefficient (Wildman–Crippen LogP) is 4.10. The number of carbonyl (C=O) groups is 1. The summed E-state index contributed by atoms with van der Waals surface area (Å²) in [6, 6.07) is 9.49. The number of aromatic nitrogens is 4. The average Bonchev–Trinajstić information content (AvgIpc) is 3.44. The standard InChI is InChI=1S/C25H27N5O4S/c1-15-11-18(16(2)35-15)20-9-10-26-25(29-20)30-21(14-32-3)19(13-28-30)24(31)27-12-17-7-6-8-22(33-4)23(17)34-5/h6-11,13H,12,14H2,1-5H3,(H,27,31). The van der Waals surface area contributed by atoms with Crippen molar-refractivity contribution in [3.63, 3.8) is 0 Å². The summed E-state index contributed by atoms with van der Waals surface area (Å²) in [6.45, 7) is 4.55. The van der Waals surface area contributed by atoms with Crippen LogP contribution in [0.15, 0.2) is 42.7 Å². The van der Waals surface area contributed by atoms with Crippen molar-refractivity contribution in [2.45, 2.75) is 27.0 Å². The van der Waals surface area contributed by atoms with Gasteiger partial charge in [0.2, 0.25) is 0 Å². The molecule has 0 fully saturated rings. The van der Waals surface area contributed by atoms with E-state index in [2.05, 4.69) is 35.3 Å². The number of para-hydroxylation sites is 1. The average molecular weight is 494 g/mol. The molecule has 0 radical (unpaired) electrons. The van der Waals surface area contributed by atoms with E-state index < -0.39 is 0 Å². The number of ether oxygens (including phenoxy) is 3. The lowest BCUT2D eigenvalue weighted by molar-refractivity contribution is 0.0945. The molecular formula is C25H27N5O4S. The van der Waals surface area contributed by atoms with Gasteiger partial charge in [0, 0.05) is 40.7 Å². The van der Waals surface area contributed by atoms with Crippen molar-refractivity contribution < 1.29 is 19.0 Å². The Morgan fingerprint density at radius 1 is 1.14 bits per heavy atom. The molecule has 9 nitrogen and oxygen atoms in total. The number of benzene rings is 1. The van der Waals surface area contributed by atoms with Crippen molar-refractivity contribution in [1.29, 1.82) is 0 Å². The molecule has 0 unspecified atom stereocenters. The summed E-state index contributed by atoms with van der Waals surface area (Å²) in [5, 5.41) is 7.34. The van der Waals surface area contributed by atoms with Crippen LogP contribution in [-0.2, 0) is 17.9 Å². The van der Waals surface area contributed by atoms with E-state index in [0.29, 0.717) is 28.7 Å². The van der Waals surface area contributed by atoms with Crippen LogP contribution in [0.1, 0.15) is 31.4 Å². The van der Waals surface area contributed by atoms with Crippen LogP contribution in [0.2, 0.25) is 0 Å². The maximum absolute atomic E-state index is 13.1. The minimum Gasteiger partial charge on any atom is -0.493 e. The number of carbonyl (C=O) groups excluding carboxylic acids is 1. The second-order valence-corrected chi connectivity index (χ2v) is 9.21. The van der Waals surface area contributed by atoms with Gasteiger partial charge in [0.25, 0.3) is 11.9 Å². The first-order valence-corrected chi connectivity index (χ1v) is 11.7. The number of nitrogens with zero attached hydrogens (tertiary/aromatic N) is 4. The third kappa shape index (κ3) is 5.03. The highest BCUT2D eigenvalue weighted by Crippen LogP contribution is 2.31. The first kappa shape index (κ1) is 24.4. The van der Waals surface area contributed by atoms with E-state index in [4.69, 9.17) is 19.2 Å². The van der Waals surface area contributed by atoms with Gasteiger partial charge in [0.1, 0.15) is 0 Å². The lowest BCUT2D eigenvalue weighted by Crippen LogP contribution is -2.24. The van der Waals surface area contributed by atoms with Gasteiger partial charge in [-0.25, -0.2) is 9.97 Å². The quantitative estimate of drug-likeness (QED) is 0.375. The molecule has 3 aromatic heterocycles. The Bertz CT molecular complexity index is 1350. The van der Waals surface area contributed by atoms with E-state index in [1.54, 1.807) is 49.6 Å². The number of aryl methyl sites for hydroxylation is 2. The molecule has 0 bridgehead atoms. The van der Waals surface area contributed by atoms with Gasteiger partial charge in [0.15, 0.2) is 11.5 Å². The van der Waals surface area contributed by atoms with Crippen LogP contribution in [-0.4, -0.2) is 47.0 Å². The molecule has 0 aliphatic carbocycles. The zero-order chi connectivity index (χ0) is 24.9. The van der Waals surface area contributed by atoms with Crippen LogP contribution < -0.4 is 14.8 Å². The molecular weight excluding hydrogens is 466 g/mol. The molecule has 1 aromatic carbocycles. The maximum Gasteiger partial charge on any atom is 0.255 e. The van der Waals surface area contributed by atoms with Crippen LogP contribution in [0.5, 0.6) is 11.5 Å². The fourth-order valence-electron chi connectivity index (χ4n) is 3.86. The van der Waals surface area contributed by atoms with Gasteiger partial charge in [0.05, 0.1) is 44.0 Å². The van der Waals surface area contributed by atoms with Gasteiger partial charge in [-0.05, 0) is 32.0 Å². The number of methoxy groups -OCH3 is 3. The van der Waals surface area contributed by atoms with Gasteiger partial charge in [-0.15, -0.1) is 11.3 Å². The molecule has 35 heavy (non-hydrogen) atoms. The van der Waals surface area contributed by atoms with Crippen LogP contribution in [0.25, 0.3) is 17.2 Å². The molecule has 0 saturated heterocycles. The Morgan fingerprint density at radius 3 is 2.66 bits per heavy atom. The number of rotatable bonds is 9. The second-order valence-electron chi connectivity index (χ2n) is 7.75. The van der Waals surface area contributed by atoms with Gasteiger partial charge in [-0.3, -0.25) is 4.79 Å². The summed E-state index contributed by atoms with van der Waals surface area (Å²) < 4.78 is 17.7. The summed E-state index contributed by atoms with van der Waals surface area (Å²) >= 11 is 1.72. The van der Waals surface area contributed by atoms with Crippen molar-refractivity contribution in [2.24, 2.45) is 0 Å². The molecule has 0 atom stereocenters. The second kappa shape index (κ2) is 10.7. The first-order valence-electron chi connectivity index (χ1n) is 10.9. The van der Waals surface area contributed by atoms with Gasteiger partial charge in [-0.2, -0.15) is 9.78 Å². The first-order chi connectivity index (χ1) is 17.0. The zero-order valence-corrected chi connectivity index (χ0v) is 21.1. The molecule has 0 aliphatic rings. The molecule has 182 valence electrons. The Labute approximate surface area is 207 Å². The van der Waals surface area contributed by atoms with Crippen LogP contribution in [0.4, 0.5) is 0 Å². The van der Waals surface area contributed by atoms with Crippen molar-refractivity contribution in [3.8, 4) is 28.7 Å². The van der Waals surface area contributed by atoms with E-state index in [1.165, 1.54) is 16.0 Å². The van der Waals surface area contributed by atoms with E-state index in [1.807, 2.05) is 18.2 Å². The molecule has 0 spiro atoms. The third-order valence-corrected chi connectivity index (χ3v) is 6.43. The molecule has 4 aromatic rings. The summed E-state index contributed by atoms with van der Waals surface area (Å²) in [6.07, 6.45) is 3.19. The van der Waals surface area contributed by atoms with Crippen LogP contribution in [0, 0.1) is 13.8 Å². The minimum atomic E-state index is -0.298. The predicted molar refractivity (Wildman–Crippen MR) is 133 cm³/mol. The molecule has 0 aliphatic heterocycles. The SMILES string of the molecule is COCc1c(C(=O)NCc2cccc(OC)c2OC)cnn1-c1nccc(-c2cc(C)sc2C)n1. The smallest absolute Gasteiger partial charge is 0.255 e. The number of thiophene rings is 1. The Morgan fingerprint density at radius 2 is 1.97 bits per heavy atom. The highest BCUT2D eigenvalue weighted by Gasteiger charge is 2.21. The molecule has 1 N–H and O–H groups in total. The van der Waals surface area contributed by atoms with E-state index >= 15 is 0 Å². The summed E-state index contributed by atoms with van der Waals surface area (Å²) in [5.41, 5.74) is 3.58. The van der Waals surface area contributed by atoms with Crippen molar-refractivity contribution in [1.82, 2.24) is 25.1 Å². The molecule has 0 saturated carbocycles. The van der Waals surface area contributed by atoms with E-state index in [0.717, 1.165) is 16.8 Å². The van der Waals surface area contributed by atoms with Crippen molar-refractivity contribution >= 4 is 17.2 Å². The number of hydrogen-bond donors (Lipinski definition) is 1. The van der Waals surface area contributed by atoms with Gasteiger partial charge >= 0.3 is 0 Å². The minimum absolute atomic E-state index is 0.162. The lowest BCUT2D eigenvalue weighted by Gasteiger charge is -2.13. The Hall–Kier alpha value is -3.76. The number of amides is 1. The van der Waals surface area contributed by atoms with Crippen molar-refractivity contribution in [3.05, 3.63) is 69.3 Å². The Balaban J connectivity index is 1.62. The fourth-order valence-corrected chi connectivity index (χ4v) is 4.79. The maximum atomic E-state index is 13.1.